The van der Waals surface area contributed by atoms with Gasteiger partial charge in [0.1, 0.15) is 6.04 Å². The third-order valence-electron chi connectivity index (χ3n) is 4.27. The van der Waals surface area contributed by atoms with Crippen LogP contribution in [0.25, 0.3) is 0 Å². The molecule has 10 heteroatoms. The number of hydrogen-bond donors (Lipinski definition) is 4. The highest BCUT2D eigenvalue weighted by Gasteiger charge is 2.29. The molecule has 4 atom stereocenters. The third kappa shape index (κ3) is 11.2. The smallest absolute Gasteiger partial charge is 0.243 e. The molecule has 0 aromatic heterocycles. The van der Waals surface area contributed by atoms with Crippen molar-refractivity contribution >= 4 is 29.4 Å². The second-order valence-corrected chi connectivity index (χ2v) is 7.12. The molecular formula is C19H34N4O6. The molecule has 0 aromatic rings. The summed E-state index contributed by atoms with van der Waals surface area (Å²) in [4.78, 5) is 59.4. The molecule has 4 amide bonds. The fourth-order valence-corrected chi connectivity index (χ4v) is 2.56. The van der Waals surface area contributed by atoms with E-state index in [2.05, 4.69) is 10.6 Å². The maximum absolute atomic E-state index is 12.5. The van der Waals surface area contributed by atoms with Gasteiger partial charge in [0.25, 0.3) is 0 Å². The van der Waals surface area contributed by atoms with Crippen LogP contribution in [0.5, 0.6) is 0 Å². The van der Waals surface area contributed by atoms with Crippen LogP contribution in [-0.4, -0.2) is 54.2 Å². The van der Waals surface area contributed by atoms with Gasteiger partial charge in [-0.15, -0.1) is 0 Å². The van der Waals surface area contributed by atoms with Crippen molar-refractivity contribution < 1.29 is 28.7 Å². The number of ketones is 1. The Morgan fingerprint density at radius 3 is 1.86 bits per heavy atom. The molecular weight excluding hydrogens is 380 g/mol. The van der Waals surface area contributed by atoms with E-state index in [4.69, 9.17) is 16.2 Å². The van der Waals surface area contributed by atoms with Crippen molar-refractivity contribution in [3.63, 3.8) is 0 Å². The molecule has 0 aliphatic rings. The van der Waals surface area contributed by atoms with E-state index in [1.165, 1.54) is 0 Å². The maximum atomic E-state index is 12.5. The van der Waals surface area contributed by atoms with Crippen LogP contribution >= 0.6 is 0 Å². The van der Waals surface area contributed by atoms with Crippen molar-refractivity contribution in [3.05, 3.63) is 0 Å². The van der Waals surface area contributed by atoms with E-state index in [0.717, 1.165) is 12.8 Å². The van der Waals surface area contributed by atoms with Gasteiger partial charge < -0.3 is 26.8 Å². The summed E-state index contributed by atoms with van der Waals surface area (Å²) in [5, 5.41) is 4.83. The Morgan fingerprint density at radius 2 is 1.38 bits per heavy atom. The van der Waals surface area contributed by atoms with Gasteiger partial charge in [0, 0.05) is 6.42 Å². The summed E-state index contributed by atoms with van der Waals surface area (Å²) < 4.78 is 5.59. The van der Waals surface area contributed by atoms with Crippen molar-refractivity contribution in [2.24, 2.45) is 17.4 Å². The molecule has 6 N–H and O–H groups in total. The van der Waals surface area contributed by atoms with Crippen LogP contribution in [0.2, 0.25) is 0 Å². The Labute approximate surface area is 171 Å². The Kier molecular flexibility index (Phi) is 12.5. The molecule has 0 bridgehead atoms. The molecule has 0 heterocycles. The van der Waals surface area contributed by atoms with Crippen LogP contribution in [0, 0.1) is 5.92 Å². The molecule has 0 saturated carbocycles. The van der Waals surface area contributed by atoms with Gasteiger partial charge >= 0.3 is 0 Å². The molecule has 0 saturated heterocycles. The molecule has 0 aliphatic carbocycles. The normalized spacial score (nSPS) is 14.9. The summed E-state index contributed by atoms with van der Waals surface area (Å²) >= 11 is 0. The average molecular weight is 415 g/mol. The topological polar surface area (TPSA) is 171 Å². The fraction of sp³-hybridized carbons (Fsp3) is 0.737. The second-order valence-electron chi connectivity index (χ2n) is 7.12. The van der Waals surface area contributed by atoms with E-state index in [1.54, 1.807) is 13.8 Å². The molecule has 29 heavy (non-hydrogen) atoms. The summed E-state index contributed by atoms with van der Waals surface area (Å²) in [6.07, 6.45) is 1.04. The van der Waals surface area contributed by atoms with Crippen LogP contribution in [-0.2, 0) is 28.7 Å². The fourth-order valence-electron chi connectivity index (χ4n) is 2.56. The molecule has 0 fully saturated rings. The maximum Gasteiger partial charge on any atom is 0.243 e. The summed E-state index contributed by atoms with van der Waals surface area (Å²) in [6, 6.07) is -2.41. The lowest BCUT2D eigenvalue weighted by molar-refractivity contribution is -0.135. The number of nitrogens with one attached hydrogen (secondary N) is 2. The molecule has 10 nitrogen and oxygen atoms in total. The van der Waals surface area contributed by atoms with E-state index < -0.39 is 53.8 Å². The monoisotopic (exact) mass is 414 g/mol. The quantitative estimate of drug-likeness (QED) is 0.282. The molecule has 166 valence electrons. The van der Waals surface area contributed by atoms with E-state index in [-0.39, 0.29) is 25.6 Å². The summed E-state index contributed by atoms with van der Waals surface area (Å²) in [5.41, 5.74) is 10.3. The number of primary amides is 2. The van der Waals surface area contributed by atoms with Crippen molar-refractivity contribution in [3.8, 4) is 0 Å². The van der Waals surface area contributed by atoms with Gasteiger partial charge in [0.05, 0.1) is 37.5 Å². The minimum absolute atomic E-state index is 0.00502. The van der Waals surface area contributed by atoms with Crippen molar-refractivity contribution in [1.82, 2.24) is 10.6 Å². The lowest BCUT2D eigenvalue weighted by Crippen LogP contribution is -2.54. The standard InChI is InChI=1S/C19H34N4O6/c1-5-7-12(4)29-10-11(3)18(27)23-14(9-17(21)26)19(28)22-13(8-16(20)25)15(24)6-2/h11-14H,5-10H2,1-4H3,(H2,20,25)(H2,21,26)(H,22,28)(H,23,27)/t11?,12?,13-,14-/m0/s1. The number of hydrogen-bond acceptors (Lipinski definition) is 6. The van der Waals surface area contributed by atoms with Gasteiger partial charge in [-0.3, -0.25) is 24.0 Å². The first-order chi connectivity index (χ1) is 13.5. The molecule has 0 rings (SSSR count). The number of carbonyl (C=O) groups excluding carboxylic acids is 5. The minimum Gasteiger partial charge on any atom is -0.378 e. The van der Waals surface area contributed by atoms with Crippen LogP contribution in [0.15, 0.2) is 0 Å². The summed E-state index contributed by atoms with van der Waals surface area (Å²) in [6.45, 7) is 7.28. The largest absolute Gasteiger partial charge is 0.378 e. The first-order valence-electron chi connectivity index (χ1n) is 9.83. The van der Waals surface area contributed by atoms with Gasteiger partial charge in [-0.25, -0.2) is 0 Å². The predicted molar refractivity (Wildman–Crippen MR) is 106 cm³/mol. The first kappa shape index (κ1) is 26.5. The molecule has 0 spiro atoms. The Balaban J connectivity index is 5.06. The minimum atomic E-state index is -1.28. The SMILES string of the molecule is CCCC(C)OCC(C)C(=O)N[C@@H](CC(N)=O)C(=O)N[C@@H](CC(N)=O)C(=O)CC. The number of amides is 4. The lowest BCUT2D eigenvalue weighted by Gasteiger charge is -2.23. The van der Waals surface area contributed by atoms with Gasteiger partial charge in [0.15, 0.2) is 5.78 Å². The molecule has 0 aromatic carbocycles. The van der Waals surface area contributed by atoms with E-state index in [9.17, 15) is 24.0 Å². The Morgan fingerprint density at radius 1 is 0.862 bits per heavy atom. The second kappa shape index (κ2) is 13.6. The third-order valence-corrected chi connectivity index (χ3v) is 4.27. The molecule has 0 aliphatic heterocycles. The van der Waals surface area contributed by atoms with E-state index >= 15 is 0 Å². The van der Waals surface area contributed by atoms with Crippen LogP contribution in [0.3, 0.4) is 0 Å². The van der Waals surface area contributed by atoms with Crippen LogP contribution in [0.1, 0.15) is 59.8 Å². The Hall–Kier alpha value is -2.49. The first-order valence-corrected chi connectivity index (χ1v) is 9.83. The zero-order valence-corrected chi connectivity index (χ0v) is 17.7. The zero-order chi connectivity index (χ0) is 22.6. The van der Waals surface area contributed by atoms with Gasteiger partial charge in [-0.1, -0.05) is 27.2 Å². The van der Waals surface area contributed by atoms with E-state index in [1.807, 2.05) is 13.8 Å². The average Bonchev–Trinajstić information content (AvgIpc) is 2.63. The number of Topliss-reactive ketones (excluding diaryl/α,β-unsaturated/α-hetero) is 1. The molecule has 0 radical (unpaired) electrons. The van der Waals surface area contributed by atoms with Crippen molar-refractivity contribution in [2.45, 2.75) is 78.0 Å². The van der Waals surface area contributed by atoms with Crippen LogP contribution < -0.4 is 22.1 Å². The summed E-state index contributed by atoms with van der Waals surface area (Å²) in [5.74, 6) is -3.83. The highest BCUT2D eigenvalue weighted by Crippen LogP contribution is 2.06. The number of rotatable bonds is 15. The highest BCUT2D eigenvalue weighted by molar-refractivity contribution is 5.96. The van der Waals surface area contributed by atoms with Gasteiger partial charge in [0.2, 0.25) is 23.6 Å². The lowest BCUT2D eigenvalue weighted by atomic mass is 10.0. The molecule has 2 unspecified atom stereocenters. The number of carbonyl (C=O) groups is 5. The van der Waals surface area contributed by atoms with Crippen molar-refractivity contribution in [2.75, 3.05) is 6.61 Å². The van der Waals surface area contributed by atoms with Crippen LogP contribution in [0.4, 0.5) is 0 Å². The van der Waals surface area contributed by atoms with Gasteiger partial charge in [-0.05, 0) is 13.3 Å². The summed E-state index contributed by atoms with van der Waals surface area (Å²) in [7, 11) is 0. The van der Waals surface area contributed by atoms with E-state index in [0.29, 0.717) is 0 Å². The van der Waals surface area contributed by atoms with Gasteiger partial charge in [-0.2, -0.15) is 0 Å². The number of ether oxygens (including phenoxy) is 1. The number of nitrogens with two attached hydrogens (primary N) is 2. The Bertz CT molecular complexity index is 595. The van der Waals surface area contributed by atoms with Crippen molar-refractivity contribution in [1.29, 1.82) is 0 Å². The zero-order valence-electron chi connectivity index (χ0n) is 17.7. The highest BCUT2D eigenvalue weighted by atomic mass is 16.5. The predicted octanol–water partition coefficient (Wildman–Crippen LogP) is -0.473.